The van der Waals surface area contributed by atoms with E-state index in [-0.39, 0.29) is 88.1 Å². The summed E-state index contributed by atoms with van der Waals surface area (Å²) in [6.45, 7) is 1.49. The van der Waals surface area contributed by atoms with Crippen molar-refractivity contribution in [2.75, 3.05) is 77.3 Å². The van der Waals surface area contributed by atoms with Crippen molar-refractivity contribution >= 4 is 39.7 Å². The topological polar surface area (TPSA) is 251 Å². The maximum absolute atomic E-state index is 13.0. The largest absolute Gasteiger partial charge is 0.494 e. The second-order valence-corrected chi connectivity index (χ2v) is 15.0. The summed E-state index contributed by atoms with van der Waals surface area (Å²) in [5.41, 5.74) is 0.124. The fourth-order valence-corrected chi connectivity index (χ4v) is 6.33. The lowest BCUT2D eigenvalue weighted by Gasteiger charge is -2.10. The van der Waals surface area contributed by atoms with E-state index in [9.17, 15) is 27.6 Å². The van der Waals surface area contributed by atoms with Gasteiger partial charge >= 0.3 is 11.9 Å². The number of rotatable bonds is 37. The second-order valence-electron chi connectivity index (χ2n) is 13.3. The molecule has 0 aliphatic rings. The van der Waals surface area contributed by atoms with Gasteiger partial charge in [0.2, 0.25) is 11.9 Å². The van der Waals surface area contributed by atoms with E-state index in [1.165, 1.54) is 69.5 Å². The molecule has 0 saturated carbocycles. The molecule has 2 rings (SSSR count). The normalized spacial score (nSPS) is 11.2. The van der Waals surface area contributed by atoms with Gasteiger partial charge in [-0.3, -0.25) is 14.4 Å². The van der Waals surface area contributed by atoms with Crippen LogP contribution in [0.3, 0.4) is 0 Å². The average molecular weight is 840 g/mol. The number of nitrogens with zero attached hydrogens (tertiary/aromatic N) is 2. The van der Waals surface area contributed by atoms with Crippen LogP contribution in [0.15, 0.2) is 41.6 Å². The Hall–Kier alpha value is -4.43. The number of carboxylic acids is 2. The monoisotopic (exact) mass is 839 g/mol. The Bertz CT molecular complexity index is 1570. The molecule has 0 bridgehead atoms. The van der Waals surface area contributed by atoms with Crippen LogP contribution < -0.4 is 20.1 Å². The summed E-state index contributed by atoms with van der Waals surface area (Å²) in [5, 5.41) is 22.4. The van der Waals surface area contributed by atoms with Crippen LogP contribution in [0.1, 0.15) is 100 Å². The van der Waals surface area contributed by atoms with E-state index in [0.29, 0.717) is 12.4 Å². The number of hydrogen-bond donors (Lipinski definition) is 5. The van der Waals surface area contributed by atoms with Crippen LogP contribution in [0.2, 0.25) is 0 Å². The Morgan fingerprint density at radius 2 is 1.14 bits per heavy atom. The molecule has 0 atom stereocenters. The highest BCUT2D eigenvalue weighted by atomic mass is 32.2. The Morgan fingerprint density at radius 3 is 1.72 bits per heavy atom. The summed E-state index contributed by atoms with van der Waals surface area (Å²) < 4.78 is 54.8. The zero-order chi connectivity index (χ0) is 42.1. The Morgan fingerprint density at radius 1 is 0.603 bits per heavy atom. The van der Waals surface area contributed by atoms with Gasteiger partial charge in [0.1, 0.15) is 19.0 Å². The van der Waals surface area contributed by atoms with Gasteiger partial charge in [-0.25, -0.2) is 27.9 Å². The first-order valence-corrected chi connectivity index (χ1v) is 21.4. The summed E-state index contributed by atoms with van der Waals surface area (Å²) in [7, 11) is -4.02. The first kappa shape index (κ1) is 49.7. The Kier molecular flexibility index (Phi) is 27.0. The molecule has 326 valence electrons. The minimum Gasteiger partial charge on any atom is -0.494 e. The van der Waals surface area contributed by atoms with Crippen molar-refractivity contribution in [1.29, 1.82) is 0 Å². The molecule has 1 aromatic heterocycles. The molecule has 0 spiro atoms. The van der Waals surface area contributed by atoms with Crippen molar-refractivity contribution in [3.63, 3.8) is 0 Å². The van der Waals surface area contributed by atoms with Gasteiger partial charge in [-0.05, 0) is 25.0 Å². The smallest absolute Gasteiger partial charge is 0.329 e. The number of sulfonamides is 1. The van der Waals surface area contributed by atoms with Crippen LogP contribution >= 0.6 is 0 Å². The van der Waals surface area contributed by atoms with Crippen LogP contribution in [0, 0.1) is 0 Å². The lowest BCUT2D eigenvalue weighted by atomic mass is 10.0. The minimum absolute atomic E-state index is 0.0108. The van der Waals surface area contributed by atoms with Crippen molar-refractivity contribution in [1.82, 2.24) is 20.6 Å². The summed E-state index contributed by atoms with van der Waals surface area (Å²) >= 11 is 0. The predicted molar refractivity (Wildman–Crippen MR) is 213 cm³/mol. The molecule has 5 N–H and O–H groups in total. The molecule has 19 heteroatoms. The molecule has 58 heavy (non-hydrogen) atoms. The third-order valence-electron chi connectivity index (χ3n) is 8.36. The predicted octanol–water partition coefficient (Wildman–Crippen LogP) is 4.20. The average Bonchev–Trinajstić information content (AvgIpc) is 3.19. The Balaban J connectivity index is 1.51. The van der Waals surface area contributed by atoms with E-state index >= 15 is 0 Å². The molecule has 0 aliphatic heterocycles. The number of unbranched alkanes of at least 4 members (excludes halogenated alkanes) is 12. The molecule has 0 unspecified atom stereocenters. The second kappa shape index (κ2) is 31.5. The molecule has 1 heterocycles. The van der Waals surface area contributed by atoms with Gasteiger partial charge in [-0.15, -0.1) is 0 Å². The number of anilines is 1. The molecule has 18 nitrogen and oxygen atoms in total. The quantitative estimate of drug-likeness (QED) is 0.0598. The molecule has 0 fully saturated rings. The number of aliphatic carboxylic acids is 2. The molecule has 0 saturated heterocycles. The van der Waals surface area contributed by atoms with Gasteiger partial charge < -0.3 is 44.5 Å². The van der Waals surface area contributed by atoms with Crippen LogP contribution in [0.5, 0.6) is 5.75 Å². The molecule has 2 aromatic rings. The third kappa shape index (κ3) is 25.7. The number of amides is 2. The van der Waals surface area contributed by atoms with E-state index in [2.05, 4.69) is 25.3 Å². The van der Waals surface area contributed by atoms with Crippen molar-refractivity contribution in [3.05, 3.63) is 42.2 Å². The number of hydrogen-bond acceptors (Lipinski definition) is 13. The van der Waals surface area contributed by atoms with E-state index in [0.717, 1.165) is 38.5 Å². The summed E-state index contributed by atoms with van der Waals surface area (Å²) in [4.78, 5) is 53.0. The minimum atomic E-state index is -4.02. The standard InChI is InChI=1S/C39H61N5O13S/c45-35(40-18-21-53-24-26-56-31-37(48)49)30-55-25-23-54-22-19-41-38(50)32-28-42-39(43-29-32)44-58(51,52)34-16-14-15-33(27-34)57-20-13-11-9-7-5-3-1-2-4-6-8-10-12-17-36(46)47/h14-16,27-29H,1-13,17-26,30-31H2,(H,40,45)(H,41,50)(H,46,47)(H,48,49)(H,42,43,44). The van der Waals surface area contributed by atoms with Crippen LogP contribution in [-0.4, -0.2) is 125 Å². The van der Waals surface area contributed by atoms with Crippen molar-refractivity contribution in [2.24, 2.45) is 0 Å². The van der Waals surface area contributed by atoms with E-state index in [1.54, 1.807) is 12.1 Å². The third-order valence-corrected chi connectivity index (χ3v) is 9.69. The molecular formula is C39H61N5O13S. The van der Waals surface area contributed by atoms with Crippen molar-refractivity contribution < 1.29 is 61.5 Å². The summed E-state index contributed by atoms with van der Waals surface area (Å²) in [5.74, 6) is -2.33. The fraction of sp³-hybridized carbons (Fsp3) is 0.641. The zero-order valence-electron chi connectivity index (χ0n) is 33.3. The maximum atomic E-state index is 13.0. The highest BCUT2D eigenvalue weighted by molar-refractivity contribution is 7.92. The van der Waals surface area contributed by atoms with Gasteiger partial charge in [0, 0.05) is 38.0 Å². The first-order valence-electron chi connectivity index (χ1n) is 19.9. The molecule has 2 amide bonds. The SMILES string of the molecule is O=C(O)CCCCCCCCCCCCCCCOc1cccc(S(=O)(=O)Nc2ncc(C(=O)NCCOCCOCC(=O)NCCOCCOCC(=O)O)cn2)c1. The molecule has 1 aromatic carbocycles. The lowest BCUT2D eigenvalue weighted by Crippen LogP contribution is -2.31. The lowest BCUT2D eigenvalue weighted by molar-refractivity contribution is -0.143. The summed E-state index contributed by atoms with van der Waals surface area (Å²) in [6, 6.07) is 6.19. The Labute approximate surface area is 341 Å². The van der Waals surface area contributed by atoms with Crippen LogP contribution in [0.4, 0.5) is 5.95 Å². The maximum Gasteiger partial charge on any atom is 0.329 e. The molecule has 0 radical (unpaired) electrons. The van der Waals surface area contributed by atoms with Crippen LogP contribution in [0.25, 0.3) is 0 Å². The van der Waals surface area contributed by atoms with Gasteiger partial charge in [-0.2, -0.15) is 0 Å². The highest BCUT2D eigenvalue weighted by Gasteiger charge is 2.17. The van der Waals surface area contributed by atoms with Crippen molar-refractivity contribution in [2.45, 2.75) is 94.8 Å². The van der Waals surface area contributed by atoms with Gasteiger partial charge in [-0.1, -0.05) is 76.7 Å². The number of benzene rings is 1. The summed E-state index contributed by atoms with van der Waals surface area (Å²) in [6.07, 6.45) is 17.1. The first-order chi connectivity index (χ1) is 28.1. The highest BCUT2D eigenvalue weighted by Crippen LogP contribution is 2.20. The number of carbonyl (C=O) groups is 4. The van der Waals surface area contributed by atoms with Crippen LogP contribution in [-0.2, 0) is 43.4 Å². The molecule has 0 aliphatic carbocycles. The number of nitrogens with one attached hydrogen (secondary N) is 3. The number of carboxylic acid groups (broad SMARTS) is 2. The van der Waals surface area contributed by atoms with Crippen molar-refractivity contribution in [3.8, 4) is 5.75 Å². The fourth-order valence-electron chi connectivity index (χ4n) is 5.34. The van der Waals surface area contributed by atoms with E-state index < -0.39 is 34.5 Å². The number of carbonyl (C=O) groups excluding carboxylic acids is 2. The van der Waals surface area contributed by atoms with E-state index in [4.69, 9.17) is 33.9 Å². The van der Waals surface area contributed by atoms with Gasteiger partial charge in [0.05, 0.1) is 56.7 Å². The molecular weight excluding hydrogens is 779 g/mol. The zero-order valence-corrected chi connectivity index (χ0v) is 34.1. The number of ether oxygens (including phenoxy) is 5. The van der Waals surface area contributed by atoms with E-state index in [1.807, 2.05) is 0 Å². The number of aromatic nitrogens is 2. The van der Waals surface area contributed by atoms with Gasteiger partial charge in [0.25, 0.3) is 15.9 Å². The van der Waals surface area contributed by atoms with Gasteiger partial charge in [0.15, 0.2) is 0 Å².